The lowest BCUT2D eigenvalue weighted by atomic mass is 10.1. The molecule has 1 aliphatic carbocycles. The maximum Gasteiger partial charge on any atom is 0.0316 e. The second kappa shape index (κ2) is 3.14. The molecule has 0 unspecified atom stereocenters. The Kier molecular flexibility index (Phi) is 2.40. The Morgan fingerprint density at radius 1 is 1.09 bits per heavy atom. The summed E-state index contributed by atoms with van der Waals surface area (Å²) in [6.45, 7) is 0. The van der Waals surface area contributed by atoms with Gasteiger partial charge in [0, 0.05) is 5.69 Å². The summed E-state index contributed by atoms with van der Waals surface area (Å²) in [5, 5.41) is 0. The average Bonchev–Trinajstić information content (AvgIpc) is 2.33. The molecule has 0 saturated heterocycles. The Hall–Kier alpha value is -0.690. The summed E-state index contributed by atoms with van der Waals surface area (Å²) in [5.74, 6) is 0. The normalized spacial score (nSPS) is 13.8. The van der Waals surface area contributed by atoms with E-state index in [0.717, 1.165) is 5.69 Å². The lowest BCUT2D eigenvalue weighted by molar-refractivity contribution is 0.912. The summed E-state index contributed by atoms with van der Waals surface area (Å²) < 4.78 is 0. The van der Waals surface area contributed by atoms with Crippen molar-refractivity contribution in [2.45, 2.75) is 19.3 Å². The van der Waals surface area contributed by atoms with Crippen molar-refractivity contribution in [1.29, 1.82) is 0 Å². The third-order valence-electron chi connectivity index (χ3n) is 2.12. The average molecular weight is 170 g/mol. The van der Waals surface area contributed by atoms with Crippen LogP contribution in [0.4, 0.5) is 5.69 Å². The first-order valence-corrected chi connectivity index (χ1v) is 3.73. The number of hydrogen-bond acceptors (Lipinski definition) is 1. The zero-order valence-electron chi connectivity index (χ0n) is 6.34. The molecule has 0 spiro atoms. The second-order valence-corrected chi connectivity index (χ2v) is 2.88. The lowest BCUT2D eigenvalue weighted by Gasteiger charge is -1.98. The number of anilines is 1. The van der Waals surface area contributed by atoms with E-state index in [0.29, 0.717) is 0 Å². The summed E-state index contributed by atoms with van der Waals surface area (Å²) in [6, 6.07) is 6.24. The maximum atomic E-state index is 5.63. The van der Waals surface area contributed by atoms with Crippen molar-refractivity contribution in [3.63, 3.8) is 0 Å². The molecule has 1 nitrogen and oxygen atoms in total. The van der Waals surface area contributed by atoms with Crippen LogP contribution >= 0.6 is 12.4 Å². The highest BCUT2D eigenvalue weighted by atomic mass is 35.5. The van der Waals surface area contributed by atoms with Crippen LogP contribution in [0.25, 0.3) is 0 Å². The van der Waals surface area contributed by atoms with Crippen LogP contribution < -0.4 is 5.73 Å². The van der Waals surface area contributed by atoms with E-state index in [-0.39, 0.29) is 12.4 Å². The van der Waals surface area contributed by atoms with Crippen molar-refractivity contribution >= 4 is 18.1 Å². The van der Waals surface area contributed by atoms with Crippen molar-refractivity contribution in [2.24, 2.45) is 0 Å². The highest BCUT2D eigenvalue weighted by molar-refractivity contribution is 5.85. The third kappa shape index (κ3) is 1.48. The van der Waals surface area contributed by atoms with Crippen LogP contribution in [0.1, 0.15) is 17.5 Å². The number of nitrogen functional groups attached to an aromatic ring is 1. The fraction of sp³-hybridized carbons (Fsp3) is 0.333. The predicted molar refractivity (Wildman–Crippen MR) is 50.1 cm³/mol. The first kappa shape index (κ1) is 8.41. The van der Waals surface area contributed by atoms with Crippen molar-refractivity contribution in [1.82, 2.24) is 0 Å². The van der Waals surface area contributed by atoms with Crippen molar-refractivity contribution < 1.29 is 0 Å². The maximum absolute atomic E-state index is 5.63. The second-order valence-electron chi connectivity index (χ2n) is 2.88. The Balaban J connectivity index is 0.000000605. The topological polar surface area (TPSA) is 26.0 Å². The monoisotopic (exact) mass is 169 g/mol. The summed E-state index contributed by atoms with van der Waals surface area (Å²) in [4.78, 5) is 0. The van der Waals surface area contributed by atoms with E-state index in [1.54, 1.807) is 0 Å². The van der Waals surface area contributed by atoms with E-state index < -0.39 is 0 Å². The molecule has 2 N–H and O–H groups in total. The van der Waals surface area contributed by atoms with E-state index in [1.807, 2.05) is 6.07 Å². The van der Waals surface area contributed by atoms with Gasteiger partial charge in [0.25, 0.3) is 0 Å². The molecule has 0 aromatic heterocycles. The fourth-order valence-electron chi connectivity index (χ4n) is 1.59. The van der Waals surface area contributed by atoms with Crippen molar-refractivity contribution in [3.8, 4) is 0 Å². The standard InChI is InChI=1S/C9H11N.ClH/c10-9-5-4-7-2-1-3-8(7)6-9;/h4-6H,1-3,10H2;1H. The van der Waals surface area contributed by atoms with Gasteiger partial charge in [-0.15, -0.1) is 12.4 Å². The largest absolute Gasteiger partial charge is 0.399 e. The summed E-state index contributed by atoms with van der Waals surface area (Å²) in [7, 11) is 0. The SMILES string of the molecule is Cl.Nc1ccc2c(c1)CCC2. The molecular weight excluding hydrogens is 158 g/mol. The van der Waals surface area contributed by atoms with Gasteiger partial charge in [0.05, 0.1) is 0 Å². The molecule has 0 heterocycles. The fourth-order valence-corrected chi connectivity index (χ4v) is 1.59. The number of fused-ring (bicyclic) bond motifs is 1. The molecule has 0 saturated carbocycles. The Labute approximate surface area is 73.0 Å². The first-order valence-electron chi connectivity index (χ1n) is 3.73. The van der Waals surface area contributed by atoms with Gasteiger partial charge in [0.1, 0.15) is 0 Å². The first-order chi connectivity index (χ1) is 4.86. The highest BCUT2D eigenvalue weighted by Crippen LogP contribution is 2.23. The van der Waals surface area contributed by atoms with Crippen LogP contribution in [0.3, 0.4) is 0 Å². The molecule has 0 bridgehead atoms. The molecule has 0 aliphatic heterocycles. The van der Waals surface area contributed by atoms with Crippen LogP contribution in [-0.4, -0.2) is 0 Å². The van der Waals surface area contributed by atoms with E-state index in [9.17, 15) is 0 Å². The molecular formula is C9H12ClN. The Bertz CT molecular complexity index is 258. The summed E-state index contributed by atoms with van der Waals surface area (Å²) in [5.41, 5.74) is 9.49. The number of halogens is 1. The molecule has 0 amide bonds. The van der Waals surface area contributed by atoms with E-state index in [4.69, 9.17) is 5.73 Å². The number of nitrogens with two attached hydrogens (primary N) is 1. The van der Waals surface area contributed by atoms with Crippen LogP contribution in [0.15, 0.2) is 18.2 Å². The minimum atomic E-state index is 0. The number of benzene rings is 1. The van der Waals surface area contributed by atoms with Gasteiger partial charge in [0.15, 0.2) is 0 Å². The zero-order valence-corrected chi connectivity index (χ0v) is 7.16. The molecule has 2 heteroatoms. The highest BCUT2D eigenvalue weighted by Gasteiger charge is 2.09. The minimum Gasteiger partial charge on any atom is -0.399 e. The zero-order chi connectivity index (χ0) is 6.97. The molecule has 0 fully saturated rings. The Morgan fingerprint density at radius 2 is 1.82 bits per heavy atom. The van der Waals surface area contributed by atoms with E-state index in [2.05, 4.69) is 12.1 Å². The van der Waals surface area contributed by atoms with E-state index in [1.165, 1.54) is 30.4 Å². The van der Waals surface area contributed by atoms with Crippen LogP contribution in [0, 0.1) is 0 Å². The quantitative estimate of drug-likeness (QED) is 0.592. The van der Waals surface area contributed by atoms with Crippen LogP contribution in [-0.2, 0) is 12.8 Å². The lowest BCUT2D eigenvalue weighted by Crippen LogP contribution is -1.87. The van der Waals surface area contributed by atoms with Gasteiger partial charge in [-0.1, -0.05) is 6.07 Å². The molecule has 11 heavy (non-hydrogen) atoms. The van der Waals surface area contributed by atoms with Crippen LogP contribution in [0.5, 0.6) is 0 Å². The van der Waals surface area contributed by atoms with Gasteiger partial charge in [-0.25, -0.2) is 0 Å². The molecule has 60 valence electrons. The van der Waals surface area contributed by atoms with Gasteiger partial charge in [-0.3, -0.25) is 0 Å². The number of hydrogen-bond donors (Lipinski definition) is 1. The molecule has 1 aromatic carbocycles. The summed E-state index contributed by atoms with van der Waals surface area (Å²) >= 11 is 0. The van der Waals surface area contributed by atoms with Crippen molar-refractivity contribution in [3.05, 3.63) is 29.3 Å². The van der Waals surface area contributed by atoms with E-state index >= 15 is 0 Å². The molecule has 1 aromatic rings. The minimum absolute atomic E-state index is 0. The van der Waals surface area contributed by atoms with Gasteiger partial charge < -0.3 is 5.73 Å². The molecule has 2 rings (SSSR count). The smallest absolute Gasteiger partial charge is 0.0316 e. The molecule has 1 aliphatic rings. The molecule has 0 radical (unpaired) electrons. The van der Waals surface area contributed by atoms with Crippen molar-refractivity contribution in [2.75, 3.05) is 5.73 Å². The Morgan fingerprint density at radius 3 is 2.64 bits per heavy atom. The summed E-state index contributed by atoms with van der Waals surface area (Å²) in [6.07, 6.45) is 3.77. The van der Waals surface area contributed by atoms with Gasteiger partial charge in [0.2, 0.25) is 0 Å². The third-order valence-corrected chi connectivity index (χ3v) is 2.12. The van der Waals surface area contributed by atoms with Gasteiger partial charge >= 0.3 is 0 Å². The number of rotatable bonds is 0. The van der Waals surface area contributed by atoms with Gasteiger partial charge in [-0.05, 0) is 42.5 Å². The predicted octanol–water partition coefficient (Wildman–Crippen LogP) is 2.18. The van der Waals surface area contributed by atoms with Gasteiger partial charge in [-0.2, -0.15) is 0 Å². The number of aryl methyl sites for hydroxylation is 2. The van der Waals surface area contributed by atoms with Crippen LogP contribution in [0.2, 0.25) is 0 Å². The molecule has 0 atom stereocenters.